The first-order valence-electron chi connectivity index (χ1n) is 6.77. The molecule has 0 spiro atoms. The van der Waals surface area contributed by atoms with Crippen LogP contribution in [0.3, 0.4) is 0 Å². The molecule has 0 unspecified atom stereocenters. The minimum atomic E-state index is 0.622. The molecule has 108 valence electrons. The molecule has 3 rings (SSSR count). The minimum Gasteiger partial charge on any atom is -0.338 e. The fourth-order valence-electron chi connectivity index (χ4n) is 2.17. The van der Waals surface area contributed by atoms with Crippen LogP contribution < -0.4 is 0 Å². The van der Waals surface area contributed by atoms with Crippen molar-refractivity contribution in [2.75, 3.05) is 7.05 Å². The summed E-state index contributed by atoms with van der Waals surface area (Å²) in [4.78, 5) is 6.32. The van der Waals surface area contributed by atoms with Crippen LogP contribution in [0.4, 0.5) is 0 Å². The molecule has 3 aromatic rings. The molecule has 21 heavy (non-hydrogen) atoms. The fraction of sp³-hybridized carbons (Fsp3) is 0.267. The maximum atomic E-state index is 5.12. The van der Waals surface area contributed by atoms with E-state index >= 15 is 0 Å². The highest BCUT2D eigenvalue weighted by Crippen LogP contribution is 2.10. The SMILES string of the molecule is Cc1noc(CN(C)Cc2cnn(-c3ccccc3)c2)n1. The van der Waals surface area contributed by atoms with Gasteiger partial charge >= 0.3 is 0 Å². The zero-order chi connectivity index (χ0) is 14.7. The van der Waals surface area contributed by atoms with Crippen LogP contribution in [0, 0.1) is 6.92 Å². The van der Waals surface area contributed by atoms with Gasteiger partial charge in [-0.15, -0.1) is 0 Å². The molecule has 6 nitrogen and oxygen atoms in total. The number of aromatic nitrogens is 4. The van der Waals surface area contributed by atoms with E-state index in [1.165, 1.54) is 0 Å². The number of nitrogens with zero attached hydrogens (tertiary/aromatic N) is 5. The highest BCUT2D eigenvalue weighted by Gasteiger charge is 2.09. The number of rotatable bonds is 5. The molecular weight excluding hydrogens is 266 g/mol. The second-order valence-corrected chi connectivity index (χ2v) is 5.04. The van der Waals surface area contributed by atoms with Crippen LogP contribution in [0.5, 0.6) is 0 Å². The molecule has 2 heterocycles. The Morgan fingerprint density at radius 1 is 1.19 bits per heavy atom. The van der Waals surface area contributed by atoms with Crippen molar-refractivity contribution in [2.24, 2.45) is 0 Å². The molecule has 2 aromatic heterocycles. The van der Waals surface area contributed by atoms with Crippen molar-refractivity contribution in [3.63, 3.8) is 0 Å². The second-order valence-electron chi connectivity index (χ2n) is 5.04. The van der Waals surface area contributed by atoms with Gasteiger partial charge in [-0.25, -0.2) is 4.68 Å². The summed E-state index contributed by atoms with van der Waals surface area (Å²) >= 11 is 0. The lowest BCUT2D eigenvalue weighted by atomic mass is 10.3. The highest BCUT2D eigenvalue weighted by molar-refractivity contribution is 5.30. The molecule has 0 aliphatic rings. The van der Waals surface area contributed by atoms with Crippen LogP contribution in [0.1, 0.15) is 17.3 Å². The quantitative estimate of drug-likeness (QED) is 0.718. The van der Waals surface area contributed by atoms with E-state index in [0.717, 1.165) is 17.8 Å². The van der Waals surface area contributed by atoms with Crippen LogP contribution in [-0.2, 0) is 13.1 Å². The Kier molecular flexibility index (Phi) is 3.79. The average Bonchev–Trinajstić information content (AvgIpc) is 3.09. The van der Waals surface area contributed by atoms with Crippen molar-refractivity contribution in [2.45, 2.75) is 20.0 Å². The maximum Gasteiger partial charge on any atom is 0.240 e. The lowest BCUT2D eigenvalue weighted by Crippen LogP contribution is -2.17. The normalized spacial score (nSPS) is 11.2. The predicted molar refractivity (Wildman–Crippen MR) is 77.8 cm³/mol. The van der Waals surface area contributed by atoms with Crippen LogP contribution in [0.25, 0.3) is 5.69 Å². The fourth-order valence-corrected chi connectivity index (χ4v) is 2.17. The Hall–Kier alpha value is -2.47. The number of hydrogen-bond acceptors (Lipinski definition) is 5. The molecule has 0 amide bonds. The standard InChI is InChI=1S/C15H17N5O/c1-12-17-15(21-18-12)11-19(2)9-13-8-16-20(10-13)14-6-4-3-5-7-14/h3-8,10H,9,11H2,1-2H3. The van der Waals surface area contributed by atoms with Gasteiger partial charge in [-0.3, -0.25) is 4.90 Å². The summed E-state index contributed by atoms with van der Waals surface area (Å²) in [5, 5.41) is 8.18. The summed E-state index contributed by atoms with van der Waals surface area (Å²) in [6.07, 6.45) is 3.91. The molecule has 0 radical (unpaired) electrons. The maximum absolute atomic E-state index is 5.12. The predicted octanol–water partition coefficient (Wildman–Crippen LogP) is 2.20. The van der Waals surface area contributed by atoms with Crippen molar-refractivity contribution in [3.8, 4) is 5.69 Å². The van der Waals surface area contributed by atoms with E-state index in [-0.39, 0.29) is 0 Å². The third kappa shape index (κ3) is 3.35. The molecule has 0 aliphatic heterocycles. The molecule has 0 atom stereocenters. The summed E-state index contributed by atoms with van der Waals surface area (Å²) in [6.45, 7) is 3.21. The van der Waals surface area contributed by atoms with E-state index in [1.54, 1.807) is 0 Å². The zero-order valence-electron chi connectivity index (χ0n) is 12.1. The second kappa shape index (κ2) is 5.88. The Morgan fingerprint density at radius 2 is 2.00 bits per heavy atom. The van der Waals surface area contributed by atoms with Gasteiger partial charge in [0.05, 0.1) is 18.4 Å². The summed E-state index contributed by atoms with van der Waals surface area (Å²) in [5.41, 5.74) is 2.19. The van der Waals surface area contributed by atoms with E-state index in [1.807, 2.05) is 61.4 Å². The summed E-state index contributed by atoms with van der Waals surface area (Å²) in [6, 6.07) is 10.1. The largest absolute Gasteiger partial charge is 0.338 e. The van der Waals surface area contributed by atoms with Gasteiger partial charge in [0.15, 0.2) is 5.82 Å². The number of aryl methyl sites for hydroxylation is 1. The van der Waals surface area contributed by atoms with Crippen molar-refractivity contribution >= 4 is 0 Å². The summed E-state index contributed by atoms with van der Waals surface area (Å²) in [5.74, 6) is 1.29. The van der Waals surface area contributed by atoms with E-state index in [2.05, 4.69) is 20.1 Å². The van der Waals surface area contributed by atoms with Gasteiger partial charge in [0, 0.05) is 18.3 Å². The first kappa shape index (κ1) is 13.5. The third-order valence-electron chi connectivity index (χ3n) is 3.08. The Balaban J connectivity index is 1.64. The molecular formula is C15H17N5O. The van der Waals surface area contributed by atoms with Gasteiger partial charge in [0.1, 0.15) is 0 Å². The topological polar surface area (TPSA) is 60.0 Å². The highest BCUT2D eigenvalue weighted by atomic mass is 16.5. The number of hydrogen-bond donors (Lipinski definition) is 0. The zero-order valence-corrected chi connectivity index (χ0v) is 12.1. The lowest BCUT2D eigenvalue weighted by Gasteiger charge is -2.12. The minimum absolute atomic E-state index is 0.622. The van der Waals surface area contributed by atoms with Crippen LogP contribution in [-0.4, -0.2) is 31.9 Å². The lowest BCUT2D eigenvalue weighted by molar-refractivity contribution is 0.260. The van der Waals surface area contributed by atoms with Crippen LogP contribution in [0.15, 0.2) is 47.2 Å². The van der Waals surface area contributed by atoms with Crippen molar-refractivity contribution in [3.05, 3.63) is 60.0 Å². The average molecular weight is 283 g/mol. The van der Waals surface area contributed by atoms with Gasteiger partial charge in [0.25, 0.3) is 0 Å². The van der Waals surface area contributed by atoms with E-state index in [4.69, 9.17) is 4.52 Å². The first-order chi connectivity index (χ1) is 10.2. The summed E-state index contributed by atoms with van der Waals surface area (Å²) < 4.78 is 7.00. The van der Waals surface area contributed by atoms with Gasteiger partial charge in [-0.05, 0) is 26.1 Å². The number of para-hydroxylation sites is 1. The Morgan fingerprint density at radius 3 is 2.71 bits per heavy atom. The Labute approximate surface area is 123 Å². The molecule has 0 fully saturated rings. The number of benzene rings is 1. The Bertz CT molecular complexity index is 704. The van der Waals surface area contributed by atoms with Crippen LogP contribution >= 0.6 is 0 Å². The van der Waals surface area contributed by atoms with E-state index in [0.29, 0.717) is 18.3 Å². The van der Waals surface area contributed by atoms with E-state index < -0.39 is 0 Å². The van der Waals surface area contributed by atoms with Crippen molar-refractivity contribution in [1.82, 2.24) is 24.8 Å². The van der Waals surface area contributed by atoms with Crippen molar-refractivity contribution in [1.29, 1.82) is 0 Å². The molecule has 0 bridgehead atoms. The molecule has 1 aromatic carbocycles. The van der Waals surface area contributed by atoms with Crippen LogP contribution in [0.2, 0.25) is 0 Å². The van der Waals surface area contributed by atoms with Gasteiger partial charge in [-0.1, -0.05) is 23.4 Å². The van der Waals surface area contributed by atoms with E-state index in [9.17, 15) is 0 Å². The monoisotopic (exact) mass is 283 g/mol. The molecule has 6 heteroatoms. The van der Waals surface area contributed by atoms with Gasteiger partial charge in [-0.2, -0.15) is 10.1 Å². The van der Waals surface area contributed by atoms with Gasteiger partial charge < -0.3 is 4.52 Å². The molecule has 0 aliphatic carbocycles. The molecule has 0 saturated carbocycles. The van der Waals surface area contributed by atoms with Crippen molar-refractivity contribution < 1.29 is 4.52 Å². The first-order valence-corrected chi connectivity index (χ1v) is 6.77. The smallest absolute Gasteiger partial charge is 0.240 e. The molecule has 0 saturated heterocycles. The van der Waals surface area contributed by atoms with Gasteiger partial charge in [0.2, 0.25) is 5.89 Å². The molecule has 0 N–H and O–H groups in total. The summed E-state index contributed by atoms with van der Waals surface area (Å²) in [7, 11) is 2.01. The third-order valence-corrected chi connectivity index (χ3v) is 3.08.